The number of hydrogen-bond acceptors (Lipinski definition) is 7. The molecule has 0 spiro atoms. The van der Waals surface area contributed by atoms with Gasteiger partial charge >= 0.3 is 5.97 Å². The number of carbonyl (C=O) groups is 1. The number of benzene rings is 2. The highest BCUT2D eigenvalue weighted by molar-refractivity contribution is 7.99. The van der Waals surface area contributed by atoms with Crippen LogP contribution in [0.5, 0.6) is 0 Å². The van der Waals surface area contributed by atoms with Gasteiger partial charge < -0.3 is 10.1 Å². The molecule has 0 aliphatic heterocycles. The van der Waals surface area contributed by atoms with E-state index in [1.807, 2.05) is 11.4 Å². The Balaban J connectivity index is 1.48. The molecule has 0 bridgehead atoms. The fraction of sp³-hybridized carbons (Fsp3) is 0.261. The van der Waals surface area contributed by atoms with Crippen LogP contribution >= 0.6 is 23.1 Å². The average Bonchev–Trinajstić information content (AvgIpc) is 3.50. The zero-order valence-electron chi connectivity index (χ0n) is 16.6. The first-order valence-electron chi connectivity index (χ1n) is 9.96. The van der Waals surface area contributed by atoms with E-state index in [0.29, 0.717) is 23.2 Å². The van der Waals surface area contributed by atoms with Crippen molar-refractivity contribution in [2.45, 2.75) is 30.3 Å². The van der Waals surface area contributed by atoms with Crippen LogP contribution in [0, 0.1) is 0 Å². The molecule has 0 saturated heterocycles. The summed E-state index contributed by atoms with van der Waals surface area (Å²) in [6.07, 6.45) is 2.90. The van der Waals surface area contributed by atoms with Gasteiger partial charge in [-0.1, -0.05) is 42.1 Å². The largest absolute Gasteiger partial charge is 0.469 e. The number of ether oxygens (including phenoxy) is 1. The summed E-state index contributed by atoms with van der Waals surface area (Å²) in [6.45, 7) is 0. The van der Waals surface area contributed by atoms with Gasteiger partial charge in [-0.15, -0.1) is 11.3 Å². The molecule has 2 aromatic carbocycles. The lowest BCUT2D eigenvalue weighted by atomic mass is 9.99. The lowest BCUT2D eigenvalue weighted by molar-refractivity contribution is -0.140. The maximum Gasteiger partial charge on any atom is 0.306 e. The molecule has 5 rings (SSSR count). The smallest absolute Gasteiger partial charge is 0.306 e. The Bertz CT molecular complexity index is 1230. The molecule has 4 aromatic rings. The predicted molar refractivity (Wildman–Crippen MR) is 124 cm³/mol. The van der Waals surface area contributed by atoms with Crippen molar-refractivity contribution >= 4 is 61.6 Å². The topological polar surface area (TPSA) is 64.1 Å². The van der Waals surface area contributed by atoms with E-state index in [1.54, 1.807) is 11.3 Å². The molecule has 1 saturated carbocycles. The Morgan fingerprint density at radius 1 is 1.13 bits per heavy atom. The molecule has 1 fully saturated rings. The van der Waals surface area contributed by atoms with Gasteiger partial charge in [0.1, 0.15) is 10.6 Å². The number of methoxy groups -OCH3 is 1. The fourth-order valence-electron chi connectivity index (χ4n) is 3.63. The molecule has 0 unspecified atom stereocenters. The number of thiophene rings is 1. The molecule has 2 heterocycles. The molecular weight excluding hydrogens is 414 g/mol. The maximum absolute atomic E-state index is 11.4. The van der Waals surface area contributed by atoms with Gasteiger partial charge in [0.25, 0.3) is 0 Å². The maximum atomic E-state index is 11.4. The summed E-state index contributed by atoms with van der Waals surface area (Å²) in [7, 11) is 1.40. The van der Waals surface area contributed by atoms with E-state index in [4.69, 9.17) is 9.72 Å². The quantitative estimate of drug-likeness (QED) is 0.214. The zero-order chi connectivity index (χ0) is 20.5. The van der Waals surface area contributed by atoms with Crippen molar-refractivity contribution < 1.29 is 9.53 Å². The highest BCUT2D eigenvalue weighted by Gasteiger charge is 2.25. The van der Waals surface area contributed by atoms with Crippen LogP contribution in [0.1, 0.15) is 30.7 Å². The molecule has 5 nitrogen and oxygen atoms in total. The van der Waals surface area contributed by atoms with Crippen LogP contribution < -0.4 is 5.32 Å². The molecule has 0 amide bonds. The molecular formula is C23H21N3O2S2. The van der Waals surface area contributed by atoms with E-state index in [0.717, 1.165) is 21.7 Å². The summed E-state index contributed by atoms with van der Waals surface area (Å²) in [5, 5.41) is 9.79. The van der Waals surface area contributed by atoms with Gasteiger partial charge in [-0.2, -0.15) is 0 Å². The number of thioether (sulfide) groups is 1. The minimum atomic E-state index is -0.222. The molecule has 7 heteroatoms. The Labute approximate surface area is 182 Å². The number of aromatic nitrogens is 2. The standard InChI is InChI=1S/C23H21N3O2S2/c1-28-20(27)11-13-30-23-25-21(18-10-12-29-22(18)26-23)24-19-9-8-15(14-6-7-14)16-4-2-3-5-17(16)19/h2-5,8-10,12,14H,6-7,11,13H2,1H3,(H,24,25,26). The second-order valence-corrected chi connectivity index (χ2v) is 9.27. The van der Waals surface area contributed by atoms with Crippen molar-refractivity contribution in [3.8, 4) is 0 Å². The number of nitrogens with one attached hydrogen (secondary N) is 1. The van der Waals surface area contributed by atoms with Gasteiger partial charge in [0, 0.05) is 16.8 Å². The minimum absolute atomic E-state index is 0.222. The monoisotopic (exact) mass is 435 g/mol. The Hall–Kier alpha value is -2.64. The van der Waals surface area contributed by atoms with Gasteiger partial charge in [0.2, 0.25) is 0 Å². The number of rotatable bonds is 7. The summed E-state index contributed by atoms with van der Waals surface area (Å²) < 4.78 is 4.72. The third-order valence-corrected chi connectivity index (χ3v) is 6.95. The highest BCUT2D eigenvalue weighted by atomic mass is 32.2. The Morgan fingerprint density at radius 3 is 2.77 bits per heavy atom. The minimum Gasteiger partial charge on any atom is -0.469 e. The van der Waals surface area contributed by atoms with Gasteiger partial charge in [0.15, 0.2) is 5.16 Å². The van der Waals surface area contributed by atoms with Crippen LogP contribution in [0.15, 0.2) is 53.0 Å². The fourth-order valence-corrected chi connectivity index (χ4v) is 5.22. The van der Waals surface area contributed by atoms with Gasteiger partial charge in [-0.05, 0) is 47.2 Å². The summed E-state index contributed by atoms with van der Waals surface area (Å²) >= 11 is 3.06. The second kappa shape index (κ2) is 8.24. The van der Waals surface area contributed by atoms with Crippen LogP contribution in [-0.4, -0.2) is 28.8 Å². The lowest BCUT2D eigenvalue weighted by Crippen LogP contribution is -2.02. The number of anilines is 2. The highest BCUT2D eigenvalue weighted by Crippen LogP contribution is 2.44. The number of carbonyl (C=O) groups excluding carboxylic acids is 1. The van der Waals surface area contributed by atoms with Crippen molar-refractivity contribution in [2.24, 2.45) is 0 Å². The van der Waals surface area contributed by atoms with Crippen molar-refractivity contribution in [2.75, 3.05) is 18.2 Å². The van der Waals surface area contributed by atoms with E-state index in [-0.39, 0.29) is 5.97 Å². The van der Waals surface area contributed by atoms with Crippen LogP contribution in [0.4, 0.5) is 11.5 Å². The van der Waals surface area contributed by atoms with Crippen molar-refractivity contribution in [1.29, 1.82) is 0 Å². The van der Waals surface area contributed by atoms with Crippen LogP contribution in [0.2, 0.25) is 0 Å². The normalized spacial score (nSPS) is 13.6. The van der Waals surface area contributed by atoms with Gasteiger partial charge in [-0.25, -0.2) is 9.97 Å². The van der Waals surface area contributed by atoms with E-state index >= 15 is 0 Å². The third-order valence-electron chi connectivity index (χ3n) is 5.30. The van der Waals surface area contributed by atoms with Crippen LogP contribution in [0.25, 0.3) is 21.0 Å². The van der Waals surface area contributed by atoms with Crippen molar-refractivity contribution in [3.05, 3.63) is 53.4 Å². The summed E-state index contributed by atoms with van der Waals surface area (Å²) in [5.41, 5.74) is 2.49. The van der Waals surface area contributed by atoms with E-state index in [1.165, 1.54) is 48.0 Å². The molecule has 1 N–H and O–H groups in total. The van der Waals surface area contributed by atoms with E-state index in [2.05, 4.69) is 46.7 Å². The van der Waals surface area contributed by atoms with Gasteiger partial charge in [0.05, 0.1) is 18.9 Å². The van der Waals surface area contributed by atoms with Crippen LogP contribution in [0.3, 0.4) is 0 Å². The summed E-state index contributed by atoms with van der Waals surface area (Å²) in [5.74, 6) is 1.86. The first-order valence-corrected chi connectivity index (χ1v) is 11.8. The molecule has 0 atom stereocenters. The third kappa shape index (κ3) is 3.87. The Kier molecular flexibility index (Phi) is 5.31. The molecule has 152 valence electrons. The predicted octanol–water partition coefficient (Wildman–Crippen LogP) is 6.12. The van der Waals surface area contributed by atoms with Crippen molar-refractivity contribution in [3.63, 3.8) is 0 Å². The molecule has 1 aliphatic carbocycles. The number of fused-ring (bicyclic) bond motifs is 2. The summed E-state index contributed by atoms with van der Waals surface area (Å²) in [6, 6.07) is 15.0. The van der Waals surface area contributed by atoms with Crippen molar-refractivity contribution in [1.82, 2.24) is 9.97 Å². The number of esters is 1. The van der Waals surface area contributed by atoms with E-state index in [9.17, 15) is 4.79 Å². The van der Waals surface area contributed by atoms with Gasteiger partial charge in [-0.3, -0.25) is 4.79 Å². The first kappa shape index (κ1) is 19.3. The molecule has 2 aromatic heterocycles. The lowest BCUT2D eigenvalue weighted by Gasteiger charge is -2.13. The average molecular weight is 436 g/mol. The molecule has 1 aliphatic rings. The second-order valence-electron chi connectivity index (χ2n) is 7.32. The zero-order valence-corrected chi connectivity index (χ0v) is 18.2. The molecule has 0 radical (unpaired) electrons. The van der Waals surface area contributed by atoms with E-state index < -0.39 is 0 Å². The number of nitrogens with zero attached hydrogens (tertiary/aromatic N) is 2. The Morgan fingerprint density at radius 2 is 1.97 bits per heavy atom. The number of hydrogen-bond donors (Lipinski definition) is 1. The first-order chi connectivity index (χ1) is 14.7. The molecule has 30 heavy (non-hydrogen) atoms. The summed E-state index contributed by atoms with van der Waals surface area (Å²) in [4.78, 5) is 21.7. The van der Waals surface area contributed by atoms with Crippen LogP contribution in [-0.2, 0) is 9.53 Å². The SMILES string of the molecule is COC(=O)CCSc1nc(Nc2ccc(C3CC3)c3ccccc23)c2ccsc2n1.